The van der Waals surface area contributed by atoms with Gasteiger partial charge in [-0.15, -0.1) is 0 Å². The first-order valence-electron chi connectivity index (χ1n) is 6.11. The summed E-state index contributed by atoms with van der Waals surface area (Å²) in [5.41, 5.74) is 4.08. The highest BCUT2D eigenvalue weighted by atomic mass is 79.9. The van der Waals surface area contributed by atoms with Gasteiger partial charge < -0.3 is 0 Å². The van der Waals surface area contributed by atoms with E-state index in [0.717, 1.165) is 21.2 Å². The lowest BCUT2D eigenvalue weighted by Crippen LogP contribution is -1.95. The first-order valence-corrected chi connectivity index (χ1v) is 6.91. The van der Waals surface area contributed by atoms with Crippen molar-refractivity contribution in [2.75, 3.05) is 0 Å². The summed E-state index contributed by atoms with van der Waals surface area (Å²) in [6.07, 6.45) is 3.45. The van der Waals surface area contributed by atoms with Crippen LogP contribution in [-0.2, 0) is 0 Å². The molecule has 0 fully saturated rings. The molecule has 19 heavy (non-hydrogen) atoms. The SMILES string of the molecule is Cc1ccc(C(=O)/C=C/c2cccc(Br)c2)cc1C. The number of halogens is 1. The molecule has 0 heterocycles. The van der Waals surface area contributed by atoms with Crippen LogP contribution in [0.1, 0.15) is 27.0 Å². The van der Waals surface area contributed by atoms with Gasteiger partial charge in [-0.05, 0) is 54.8 Å². The lowest BCUT2D eigenvalue weighted by molar-refractivity contribution is 0.104. The molecule has 0 spiro atoms. The van der Waals surface area contributed by atoms with E-state index in [1.165, 1.54) is 5.56 Å². The van der Waals surface area contributed by atoms with Crippen molar-refractivity contribution in [3.8, 4) is 0 Å². The van der Waals surface area contributed by atoms with Crippen molar-refractivity contribution >= 4 is 27.8 Å². The summed E-state index contributed by atoms with van der Waals surface area (Å²) < 4.78 is 1.01. The zero-order valence-electron chi connectivity index (χ0n) is 11.0. The predicted octanol–water partition coefficient (Wildman–Crippen LogP) is 4.96. The smallest absolute Gasteiger partial charge is 0.185 e. The molecule has 0 radical (unpaired) electrons. The molecule has 0 aromatic heterocycles. The molecule has 0 bridgehead atoms. The van der Waals surface area contributed by atoms with Crippen molar-refractivity contribution in [3.05, 3.63) is 75.3 Å². The monoisotopic (exact) mass is 314 g/mol. The van der Waals surface area contributed by atoms with Gasteiger partial charge in [0, 0.05) is 10.0 Å². The number of aryl methyl sites for hydroxylation is 2. The summed E-state index contributed by atoms with van der Waals surface area (Å²) >= 11 is 3.41. The number of benzene rings is 2. The van der Waals surface area contributed by atoms with Gasteiger partial charge in [-0.2, -0.15) is 0 Å². The van der Waals surface area contributed by atoms with Crippen molar-refractivity contribution in [3.63, 3.8) is 0 Å². The fourth-order valence-corrected chi connectivity index (χ4v) is 2.19. The molecule has 0 atom stereocenters. The van der Waals surface area contributed by atoms with Crippen molar-refractivity contribution in [1.82, 2.24) is 0 Å². The number of rotatable bonds is 3. The van der Waals surface area contributed by atoms with Gasteiger partial charge in [-0.25, -0.2) is 0 Å². The molecule has 2 heteroatoms. The molecular weight excluding hydrogens is 300 g/mol. The van der Waals surface area contributed by atoms with E-state index in [4.69, 9.17) is 0 Å². The second kappa shape index (κ2) is 5.98. The second-order valence-electron chi connectivity index (χ2n) is 4.55. The first-order chi connectivity index (χ1) is 9.06. The number of carbonyl (C=O) groups is 1. The van der Waals surface area contributed by atoms with E-state index in [0.29, 0.717) is 0 Å². The molecular formula is C17H15BrO. The minimum Gasteiger partial charge on any atom is -0.289 e. The van der Waals surface area contributed by atoms with Crippen LogP contribution in [0.15, 0.2) is 53.0 Å². The number of allylic oxidation sites excluding steroid dienone is 1. The summed E-state index contributed by atoms with van der Waals surface area (Å²) in [4.78, 5) is 12.1. The molecule has 0 saturated carbocycles. The molecule has 1 nitrogen and oxygen atoms in total. The van der Waals surface area contributed by atoms with E-state index in [2.05, 4.69) is 15.9 Å². The van der Waals surface area contributed by atoms with Crippen LogP contribution in [0.4, 0.5) is 0 Å². The first kappa shape index (κ1) is 13.8. The highest BCUT2D eigenvalue weighted by Crippen LogP contribution is 2.14. The summed E-state index contributed by atoms with van der Waals surface area (Å²) in [6, 6.07) is 13.6. The Balaban J connectivity index is 2.19. The highest BCUT2D eigenvalue weighted by molar-refractivity contribution is 9.10. The van der Waals surface area contributed by atoms with Gasteiger partial charge in [0.1, 0.15) is 0 Å². The largest absolute Gasteiger partial charge is 0.289 e. The van der Waals surface area contributed by atoms with Gasteiger partial charge in [0.05, 0.1) is 0 Å². The number of carbonyl (C=O) groups excluding carboxylic acids is 1. The standard InChI is InChI=1S/C17H15BrO/c1-12-6-8-15(10-13(12)2)17(19)9-7-14-4-3-5-16(18)11-14/h3-11H,1-2H3/b9-7+. The molecule has 0 aliphatic heterocycles. The predicted molar refractivity (Wildman–Crippen MR) is 83.4 cm³/mol. The number of hydrogen-bond donors (Lipinski definition) is 0. The van der Waals surface area contributed by atoms with Gasteiger partial charge in [0.25, 0.3) is 0 Å². The summed E-state index contributed by atoms with van der Waals surface area (Å²) in [5.74, 6) is 0.0306. The maximum atomic E-state index is 12.1. The molecule has 0 aliphatic rings. The Morgan fingerprint density at radius 1 is 1.05 bits per heavy atom. The minimum atomic E-state index is 0.0306. The molecule has 0 aliphatic carbocycles. The van der Waals surface area contributed by atoms with Crippen LogP contribution in [0.5, 0.6) is 0 Å². The molecule has 2 aromatic rings. The Labute approximate surface area is 122 Å². The minimum absolute atomic E-state index is 0.0306. The Morgan fingerprint density at radius 3 is 2.53 bits per heavy atom. The molecule has 0 unspecified atom stereocenters. The third-order valence-corrected chi connectivity index (χ3v) is 3.56. The van der Waals surface area contributed by atoms with E-state index in [1.807, 2.05) is 62.4 Å². The fraction of sp³-hybridized carbons (Fsp3) is 0.118. The van der Waals surface area contributed by atoms with Crippen LogP contribution >= 0.6 is 15.9 Å². The van der Waals surface area contributed by atoms with Crippen molar-refractivity contribution in [2.24, 2.45) is 0 Å². The van der Waals surface area contributed by atoms with Crippen molar-refractivity contribution < 1.29 is 4.79 Å². The van der Waals surface area contributed by atoms with Gasteiger partial charge >= 0.3 is 0 Å². The van der Waals surface area contributed by atoms with Gasteiger partial charge in [-0.1, -0.05) is 46.3 Å². The van der Waals surface area contributed by atoms with E-state index >= 15 is 0 Å². The zero-order chi connectivity index (χ0) is 13.8. The van der Waals surface area contributed by atoms with E-state index in [-0.39, 0.29) is 5.78 Å². The van der Waals surface area contributed by atoms with Crippen LogP contribution in [0.25, 0.3) is 6.08 Å². The summed E-state index contributed by atoms with van der Waals surface area (Å²) in [6.45, 7) is 4.06. The lowest BCUT2D eigenvalue weighted by Gasteiger charge is -2.02. The second-order valence-corrected chi connectivity index (χ2v) is 5.47. The quantitative estimate of drug-likeness (QED) is 0.578. The Morgan fingerprint density at radius 2 is 1.84 bits per heavy atom. The molecule has 0 amide bonds. The van der Waals surface area contributed by atoms with Crippen molar-refractivity contribution in [2.45, 2.75) is 13.8 Å². The van der Waals surface area contributed by atoms with E-state index in [1.54, 1.807) is 6.08 Å². The Bertz CT molecular complexity index is 641. The third kappa shape index (κ3) is 3.65. The summed E-state index contributed by atoms with van der Waals surface area (Å²) in [5, 5.41) is 0. The van der Waals surface area contributed by atoms with E-state index < -0.39 is 0 Å². The summed E-state index contributed by atoms with van der Waals surface area (Å²) in [7, 11) is 0. The number of ketones is 1. The highest BCUT2D eigenvalue weighted by Gasteiger charge is 2.03. The molecule has 96 valence electrons. The van der Waals surface area contributed by atoms with Crippen LogP contribution in [0.2, 0.25) is 0 Å². The van der Waals surface area contributed by atoms with Gasteiger partial charge in [0.2, 0.25) is 0 Å². The Kier molecular flexibility index (Phi) is 4.33. The molecule has 0 saturated heterocycles. The fourth-order valence-electron chi connectivity index (χ4n) is 1.77. The normalized spacial score (nSPS) is 10.9. The maximum absolute atomic E-state index is 12.1. The van der Waals surface area contributed by atoms with Gasteiger partial charge in [-0.3, -0.25) is 4.79 Å². The molecule has 0 N–H and O–H groups in total. The third-order valence-electron chi connectivity index (χ3n) is 3.07. The van der Waals surface area contributed by atoms with Crippen LogP contribution in [0.3, 0.4) is 0 Å². The average molecular weight is 315 g/mol. The zero-order valence-corrected chi connectivity index (χ0v) is 12.6. The van der Waals surface area contributed by atoms with E-state index in [9.17, 15) is 4.79 Å². The van der Waals surface area contributed by atoms with Crippen LogP contribution < -0.4 is 0 Å². The van der Waals surface area contributed by atoms with Gasteiger partial charge in [0.15, 0.2) is 5.78 Å². The maximum Gasteiger partial charge on any atom is 0.185 e. The van der Waals surface area contributed by atoms with Crippen molar-refractivity contribution in [1.29, 1.82) is 0 Å². The molecule has 2 rings (SSSR count). The van der Waals surface area contributed by atoms with Crippen LogP contribution in [0, 0.1) is 13.8 Å². The molecule has 2 aromatic carbocycles. The number of hydrogen-bond acceptors (Lipinski definition) is 1. The topological polar surface area (TPSA) is 17.1 Å². The average Bonchev–Trinajstić information content (AvgIpc) is 2.39. The Hall–Kier alpha value is -1.67. The lowest BCUT2D eigenvalue weighted by atomic mass is 10.0. The van der Waals surface area contributed by atoms with Crippen LogP contribution in [-0.4, -0.2) is 5.78 Å².